The van der Waals surface area contributed by atoms with Crippen LogP contribution in [-0.2, 0) is 6.18 Å². The van der Waals surface area contributed by atoms with E-state index in [2.05, 4.69) is 27.4 Å². The summed E-state index contributed by atoms with van der Waals surface area (Å²) in [6.07, 6.45) is 1.33. The van der Waals surface area contributed by atoms with Gasteiger partial charge < -0.3 is 10.2 Å². The SMILES string of the molecule is Cc1cccc(-n2nccn2)c1C(=O)N1CCC[C@@H](C)C1CNc1ccc(C(F)(F)F)cn1. The summed E-state index contributed by atoms with van der Waals surface area (Å²) in [6.45, 7) is 4.94. The molecule has 0 spiro atoms. The highest BCUT2D eigenvalue weighted by atomic mass is 19.4. The van der Waals surface area contributed by atoms with Crippen LogP contribution in [-0.4, -0.2) is 49.9 Å². The van der Waals surface area contributed by atoms with Crippen LogP contribution in [0.4, 0.5) is 19.0 Å². The molecule has 1 saturated heterocycles. The number of amides is 1. The fourth-order valence-electron chi connectivity index (χ4n) is 4.27. The summed E-state index contributed by atoms with van der Waals surface area (Å²) in [6, 6.07) is 7.72. The van der Waals surface area contributed by atoms with E-state index in [1.807, 2.05) is 30.0 Å². The van der Waals surface area contributed by atoms with Crippen LogP contribution in [0.5, 0.6) is 0 Å². The predicted octanol–water partition coefficient (Wildman–Crippen LogP) is 4.34. The lowest BCUT2D eigenvalue weighted by molar-refractivity contribution is -0.137. The number of hydrogen-bond acceptors (Lipinski definition) is 5. The van der Waals surface area contributed by atoms with Gasteiger partial charge in [-0.25, -0.2) is 4.98 Å². The van der Waals surface area contributed by atoms with Gasteiger partial charge in [-0.05, 0) is 49.4 Å². The molecular formula is C23H25F3N6O. The van der Waals surface area contributed by atoms with E-state index in [4.69, 9.17) is 0 Å². The minimum absolute atomic E-state index is 0.112. The van der Waals surface area contributed by atoms with Crippen LogP contribution < -0.4 is 5.32 Å². The zero-order chi connectivity index (χ0) is 23.6. The van der Waals surface area contributed by atoms with Crippen molar-refractivity contribution in [3.8, 4) is 5.69 Å². The maximum Gasteiger partial charge on any atom is 0.417 e. The van der Waals surface area contributed by atoms with Crippen LogP contribution in [0.1, 0.15) is 41.3 Å². The third-order valence-electron chi connectivity index (χ3n) is 6.06. The quantitative estimate of drug-likeness (QED) is 0.616. The number of hydrogen-bond donors (Lipinski definition) is 1. The molecule has 0 bridgehead atoms. The normalized spacial score (nSPS) is 18.9. The summed E-state index contributed by atoms with van der Waals surface area (Å²) in [7, 11) is 0. The molecule has 3 aromatic rings. The lowest BCUT2D eigenvalue weighted by Gasteiger charge is -2.40. The highest BCUT2D eigenvalue weighted by Gasteiger charge is 2.34. The Kier molecular flexibility index (Phi) is 6.35. The molecule has 1 aliphatic rings. The number of carbonyl (C=O) groups is 1. The largest absolute Gasteiger partial charge is 0.417 e. The molecule has 33 heavy (non-hydrogen) atoms. The van der Waals surface area contributed by atoms with Gasteiger partial charge in [0.05, 0.1) is 35.2 Å². The number of anilines is 1. The molecule has 1 unspecified atom stereocenters. The number of pyridine rings is 1. The molecule has 1 aliphatic heterocycles. The number of likely N-dealkylation sites (tertiary alicyclic amines) is 1. The van der Waals surface area contributed by atoms with Crippen LogP contribution >= 0.6 is 0 Å². The number of aryl methyl sites for hydroxylation is 1. The van der Waals surface area contributed by atoms with Crippen LogP contribution in [0.3, 0.4) is 0 Å². The van der Waals surface area contributed by atoms with E-state index in [9.17, 15) is 18.0 Å². The Bertz CT molecular complexity index is 1100. The molecule has 1 fully saturated rings. The second-order valence-corrected chi connectivity index (χ2v) is 8.28. The molecule has 3 heterocycles. The van der Waals surface area contributed by atoms with Gasteiger partial charge >= 0.3 is 6.18 Å². The Balaban J connectivity index is 1.56. The molecule has 0 radical (unpaired) electrons. The third-order valence-corrected chi connectivity index (χ3v) is 6.06. The van der Waals surface area contributed by atoms with Crippen molar-refractivity contribution < 1.29 is 18.0 Å². The number of nitrogens with zero attached hydrogens (tertiary/aromatic N) is 5. The van der Waals surface area contributed by atoms with Gasteiger partial charge in [0.15, 0.2) is 0 Å². The van der Waals surface area contributed by atoms with E-state index in [-0.39, 0.29) is 17.9 Å². The van der Waals surface area contributed by atoms with Crippen molar-refractivity contribution in [2.24, 2.45) is 5.92 Å². The molecule has 1 N–H and O–H groups in total. The molecule has 1 amide bonds. The Morgan fingerprint density at radius 2 is 1.94 bits per heavy atom. The van der Waals surface area contributed by atoms with Gasteiger partial charge in [0.2, 0.25) is 0 Å². The number of halogens is 3. The molecule has 10 heteroatoms. The average Bonchev–Trinajstić information content (AvgIpc) is 3.32. The zero-order valence-corrected chi connectivity index (χ0v) is 18.4. The van der Waals surface area contributed by atoms with Gasteiger partial charge in [-0.1, -0.05) is 19.1 Å². The van der Waals surface area contributed by atoms with Gasteiger partial charge in [0.1, 0.15) is 5.82 Å². The van der Waals surface area contributed by atoms with Crippen LogP contribution in [0, 0.1) is 12.8 Å². The number of benzene rings is 1. The van der Waals surface area contributed by atoms with Crippen LogP contribution in [0.2, 0.25) is 0 Å². The average molecular weight is 458 g/mol. The number of rotatable bonds is 5. The topological polar surface area (TPSA) is 75.9 Å². The van der Waals surface area contributed by atoms with Crippen molar-refractivity contribution >= 4 is 11.7 Å². The summed E-state index contributed by atoms with van der Waals surface area (Å²) in [4.78, 5) is 20.9. The first-order valence-corrected chi connectivity index (χ1v) is 10.8. The smallest absolute Gasteiger partial charge is 0.368 e. The van der Waals surface area contributed by atoms with Gasteiger partial charge in [-0.2, -0.15) is 28.2 Å². The Morgan fingerprint density at radius 3 is 2.61 bits per heavy atom. The van der Waals surface area contributed by atoms with Crippen molar-refractivity contribution in [3.63, 3.8) is 0 Å². The van der Waals surface area contributed by atoms with Crippen LogP contribution in [0.15, 0.2) is 48.9 Å². The fourth-order valence-corrected chi connectivity index (χ4v) is 4.27. The monoisotopic (exact) mass is 458 g/mol. The number of nitrogens with one attached hydrogen (secondary N) is 1. The first-order chi connectivity index (χ1) is 15.8. The van der Waals surface area contributed by atoms with Gasteiger partial charge in [-0.3, -0.25) is 4.79 Å². The lowest BCUT2D eigenvalue weighted by atomic mass is 9.89. The van der Waals surface area contributed by atoms with Crippen LogP contribution in [0.25, 0.3) is 5.69 Å². The molecule has 0 saturated carbocycles. The summed E-state index contributed by atoms with van der Waals surface area (Å²) in [5.41, 5.74) is 1.18. The fraction of sp³-hybridized carbons (Fsp3) is 0.391. The van der Waals surface area contributed by atoms with E-state index in [0.717, 1.165) is 30.7 Å². The Morgan fingerprint density at radius 1 is 1.18 bits per heavy atom. The van der Waals surface area contributed by atoms with E-state index in [0.29, 0.717) is 30.2 Å². The number of alkyl halides is 3. The third kappa shape index (κ3) is 4.84. The standard InChI is InChI=1S/C23H25F3N6O/c1-15-6-4-12-31(19(15)14-28-20-9-8-17(13-27-20)23(24,25)26)22(33)21-16(2)5-3-7-18(21)32-29-10-11-30-32/h3,5,7-11,13,15,19H,4,6,12,14H2,1-2H3,(H,27,28)/t15-,19?/m1/s1. The number of piperidine rings is 1. The van der Waals surface area contributed by atoms with Crippen molar-refractivity contribution in [2.75, 3.05) is 18.4 Å². The summed E-state index contributed by atoms with van der Waals surface area (Å²) < 4.78 is 38.4. The van der Waals surface area contributed by atoms with Gasteiger partial charge in [0.25, 0.3) is 5.91 Å². The van der Waals surface area contributed by atoms with Gasteiger partial charge in [-0.15, -0.1) is 0 Å². The van der Waals surface area contributed by atoms with Crippen molar-refractivity contribution in [2.45, 2.75) is 38.9 Å². The predicted molar refractivity (Wildman–Crippen MR) is 117 cm³/mol. The summed E-state index contributed by atoms with van der Waals surface area (Å²) in [5.74, 6) is 0.435. The molecule has 2 atom stereocenters. The van der Waals surface area contributed by atoms with E-state index in [1.165, 1.54) is 10.9 Å². The first-order valence-electron chi connectivity index (χ1n) is 10.8. The molecule has 1 aromatic carbocycles. The Labute approximate surface area is 189 Å². The highest BCUT2D eigenvalue weighted by Crippen LogP contribution is 2.30. The van der Waals surface area contributed by atoms with E-state index in [1.54, 1.807) is 12.4 Å². The van der Waals surface area contributed by atoms with Crippen molar-refractivity contribution in [3.05, 3.63) is 65.6 Å². The van der Waals surface area contributed by atoms with Crippen molar-refractivity contribution in [1.29, 1.82) is 0 Å². The maximum atomic E-state index is 13.7. The van der Waals surface area contributed by atoms with E-state index >= 15 is 0 Å². The maximum absolute atomic E-state index is 13.7. The second-order valence-electron chi connectivity index (χ2n) is 8.28. The van der Waals surface area contributed by atoms with Gasteiger partial charge in [0, 0.05) is 19.3 Å². The number of carbonyl (C=O) groups excluding carboxylic acids is 1. The molecule has 174 valence electrons. The van der Waals surface area contributed by atoms with E-state index < -0.39 is 11.7 Å². The highest BCUT2D eigenvalue weighted by molar-refractivity contribution is 5.99. The lowest BCUT2D eigenvalue weighted by Crippen LogP contribution is -2.51. The first kappa shape index (κ1) is 22.8. The second kappa shape index (κ2) is 9.21. The summed E-state index contributed by atoms with van der Waals surface area (Å²) in [5, 5.41) is 11.5. The van der Waals surface area contributed by atoms with Crippen molar-refractivity contribution in [1.82, 2.24) is 24.9 Å². The minimum atomic E-state index is -4.43. The molecule has 2 aromatic heterocycles. The molecule has 4 rings (SSSR count). The minimum Gasteiger partial charge on any atom is -0.368 e. The summed E-state index contributed by atoms with van der Waals surface area (Å²) >= 11 is 0. The molecular weight excluding hydrogens is 433 g/mol. The number of aromatic nitrogens is 4. The zero-order valence-electron chi connectivity index (χ0n) is 18.4. The molecule has 0 aliphatic carbocycles. The molecule has 7 nitrogen and oxygen atoms in total. The Hall–Kier alpha value is -3.43.